The van der Waals surface area contributed by atoms with Gasteiger partial charge in [-0.15, -0.1) is 0 Å². The van der Waals surface area contributed by atoms with Gasteiger partial charge in [0.2, 0.25) is 0 Å². The Balaban J connectivity index is -0.0000000642. The molecule has 14 N–H and O–H groups in total. The molecular weight excluding hydrogens is 1070 g/mol. The molecule has 29 nitrogen and oxygen atoms in total. The van der Waals surface area contributed by atoms with Crippen LogP contribution in [0.15, 0.2) is 5.10 Å². The van der Waals surface area contributed by atoms with E-state index in [4.69, 9.17) is 51.2 Å². The Bertz CT molecular complexity index is 1880. The molecule has 31 heteroatoms. The van der Waals surface area contributed by atoms with Gasteiger partial charge in [0.25, 0.3) is 16.1 Å². The van der Waals surface area contributed by atoms with Gasteiger partial charge in [0.05, 0.1) is 31.0 Å². The lowest BCUT2D eigenvalue weighted by Crippen LogP contribution is -2.47. The molecule has 0 aromatic heterocycles. The van der Waals surface area contributed by atoms with E-state index >= 15 is 0 Å². The van der Waals surface area contributed by atoms with E-state index in [9.17, 15) is 51.6 Å². The summed E-state index contributed by atoms with van der Waals surface area (Å²) >= 11 is 0. The van der Waals surface area contributed by atoms with Crippen LogP contribution < -0.4 is 44.1 Å². The van der Waals surface area contributed by atoms with Crippen LogP contribution in [0.3, 0.4) is 0 Å². The fourth-order valence-electron chi connectivity index (χ4n) is 2.17. The van der Waals surface area contributed by atoms with Gasteiger partial charge in [-0.25, -0.2) is 31.1 Å². The second-order valence-corrected chi connectivity index (χ2v) is 19.4. The second-order valence-electron chi connectivity index (χ2n) is 18.0. The highest BCUT2D eigenvalue weighted by Gasteiger charge is 2.18. The molecule has 3 amide bonds. The van der Waals surface area contributed by atoms with Crippen molar-refractivity contribution in [3.8, 4) is 0 Å². The number of carbonyl (C=O) groups excluding carboxylic acids is 9. The SMILES string of the molecule is C.C.CC(=N)CN[C@@H](C)C(C)=O.CC(=O)/C(C)=N/NC(=O)OC(C)(C)C.CC(=O)C(C)=O.CC(=O)O.CC(=O)[C@H](C)NN.CC(=O)[C@H](C)NNC(=O)OC(C)(C)C.CC(C)(C)OC(=O)NN.CCOC(C)=N.CS(=O)(=O)O.S. The maximum absolute atomic E-state index is 11.1. The number of rotatable bonds is 13. The summed E-state index contributed by atoms with van der Waals surface area (Å²) in [6.07, 6.45) is -1.15. The molecule has 0 aliphatic rings. The number of ketones is 6. The van der Waals surface area contributed by atoms with E-state index in [-0.39, 0.29) is 86.7 Å². The minimum absolute atomic E-state index is 0. The standard InChI is InChI=1S/C9H18N2O3.C9H16N2O3.C7H14N2O.C5H12N2O2.C4H10N2O.C4H9NO.C4H6O2.C2H4O2.CH4O3S.2CH4.H2S/c2*1-6(7(2)12)10-11-8(13)14-9(3,4)5;1-5(8)4-9-6(2)7(3)10;1-5(2,3)9-4(8)7-6;1-3(6-5)4(2)7;1-3-6-4(2)5;1-3(5)4(2)6;1-2(3)4;1-5(2,3)4;;;/h6,10H,1-5H3,(H,11,13);1-5H3,(H,11,13);6,8-9H,4H2,1-3H3;6H2,1-3H3,(H,7,8);3,6H,5H2,1-2H3;5H,3H2,1-2H3;1-2H3;1H3,(H,3,4);1H3,(H,2,3,4);2*1H4;1H2/b;10-6+;;;;;;;;;;/t6-;;6-;;3-;;;;;;;/m0.0.0......./s1. The lowest BCUT2D eigenvalue weighted by molar-refractivity contribution is -0.134. The fraction of sp³-hybridized carbons (Fsp3) is 0.723. The predicted molar refractivity (Wildman–Crippen MR) is 309 cm³/mol. The number of carboxylic acids is 1. The van der Waals surface area contributed by atoms with E-state index in [2.05, 4.69) is 36.9 Å². The highest BCUT2D eigenvalue weighted by atomic mass is 32.2. The van der Waals surface area contributed by atoms with E-state index in [1.54, 1.807) is 96.9 Å². The summed E-state index contributed by atoms with van der Waals surface area (Å²) in [5.41, 5.74) is 10.3. The molecular formula is C47H103N11O18S2. The summed E-state index contributed by atoms with van der Waals surface area (Å²) in [4.78, 5) is 103. The van der Waals surface area contributed by atoms with Crippen molar-refractivity contribution in [2.24, 2.45) is 16.8 Å². The Morgan fingerprint density at radius 1 is 0.603 bits per heavy atom. The zero-order valence-corrected chi connectivity index (χ0v) is 50.9. The summed E-state index contributed by atoms with van der Waals surface area (Å²) in [7, 11) is -3.67. The van der Waals surface area contributed by atoms with E-state index < -0.39 is 57.2 Å². The third kappa shape index (κ3) is 128. The second kappa shape index (κ2) is 55.9. The number of aliphatic carboxylic acids is 1. The largest absolute Gasteiger partial charge is 0.482 e. The van der Waals surface area contributed by atoms with Gasteiger partial charge in [-0.05, 0) is 125 Å². The summed E-state index contributed by atoms with van der Waals surface area (Å²) in [5, 5.41) is 27.6. The van der Waals surface area contributed by atoms with Gasteiger partial charge in [-0.3, -0.25) is 65.6 Å². The number of hydrazone groups is 1. The van der Waals surface area contributed by atoms with Crippen LogP contribution in [0.2, 0.25) is 0 Å². The predicted octanol–water partition coefficient (Wildman–Crippen LogP) is 5.04. The van der Waals surface area contributed by atoms with Crippen LogP contribution in [0.5, 0.6) is 0 Å². The third-order valence-electron chi connectivity index (χ3n) is 6.14. The van der Waals surface area contributed by atoms with Crippen molar-refractivity contribution in [1.82, 2.24) is 32.4 Å². The van der Waals surface area contributed by atoms with Crippen molar-refractivity contribution in [3.05, 3.63) is 0 Å². The number of ether oxygens (including phenoxy) is 4. The molecule has 0 saturated carbocycles. The minimum atomic E-state index is -3.67. The first-order valence-electron chi connectivity index (χ1n) is 22.3. The number of carboxylic acid groups (broad SMARTS) is 1. The minimum Gasteiger partial charge on any atom is -0.482 e. The Morgan fingerprint density at radius 2 is 0.910 bits per heavy atom. The summed E-state index contributed by atoms with van der Waals surface area (Å²) in [6.45, 7) is 38.2. The maximum atomic E-state index is 11.1. The van der Waals surface area contributed by atoms with Crippen molar-refractivity contribution < 1.29 is 85.0 Å². The van der Waals surface area contributed by atoms with Crippen molar-refractivity contribution in [1.29, 1.82) is 10.8 Å². The molecule has 0 rings (SSSR count). The number of Topliss-reactive ketones (excluding diaryl/α,β-unsaturated/α-hetero) is 6. The van der Waals surface area contributed by atoms with Gasteiger partial charge in [0.15, 0.2) is 23.2 Å². The normalized spacial score (nSPS) is 10.9. The van der Waals surface area contributed by atoms with Crippen molar-refractivity contribution in [2.45, 2.75) is 209 Å². The zero-order chi connectivity index (χ0) is 62.4. The van der Waals surface area contributed by atoms with Gasteiger partial charge >= 0.3 is 18.3 Å². The first-order chi connectivity index (χ1) is 33.3. The molecule has 0 bridgehead atoms. The summed E-state index contributed by atoms with van der Waals surface area (Å²) in [5.74, 6) is 8.28. The zero-order valence-electron chi connectivity index (χ0n) is 49.1. The smallest absolute Gasteiger partial charge is 0.428 e. The molecule has 0 aromatic carbocycles. The molecule has 3 atom stereocenters. The van der Waals surface area contributed by atoms with Crippen LogP contribution in [0.1, 0.15) is 174 Å². The summed E-state index contributed by atoms with van der Waals surface area (Å²) < 4.78 is 45.0. The summed E-state index contributed by atoms with van der Waals surface area (Å²) in [6, 6.07) is -0.747. The topological polar surface area (TPSA) is 466 Å². The molecule has 0 unspecified atom stereocenters. The Kier molecular flexibility index (Phi) is 72.4. The van der Waals surface area contributed by atoms with Gasteiger partial charge in [0.1, 0.15) is 39.9 Å². The number of hydrazine groups is 3. The van der Waals surface area contributed by atoms with Gasteiger partial charge in [-0.1, -0.05) is 14.9 Å². The molecule has 0 fully saturated rings. The first kappa shape index (κ1) is 101. The van der Waals surface area contributed by atoms with Crippen molar-refractivity contribution in [3.63, 3.8) is 0 Å². The van der Waals surface area contributed by atoms with E-state index in [0.717, 1.165) is 6.92 Å². The molecule has 0 aliphatic heterocycles. The highest BCUT2D eigenvalue weighted by molar-refractivity contribution is 7.85. The number of nitrogens with zero attached hydrogens (tertiary/aromatic N) is 1. The van der Waals surface area contributed by atoms with Crippen molar-refractivity contribution in [2.75, 3.05) is 19.4 Å². The molecule has 0 saturated heterocycles. The van der Waals surface area contributed by atoms with Crippen molar-refractivity contribution >= 4 is 99.9 Å². The lowest BCUT2D eigenvalue weighted by Gasteiger charge is -2.20. The Labute approximate surface area is 471 Å². The van der Waals surface area contributed by atoms with Crippen LogP contribution in [0.4, 0.5) is 14.4 Å². The molecule has 0 radical (unpaired) electrons. The number of nitrogens with one attached hydrogen (secondary N) is 8. The van der Waals surface area contributed by atoms with Crippen LogP contribution in [0.25, 0.3) is 0 Å². The maximum Gasteiger partial charge on any atom is 0.428 e. The molecule has 466 valence electrons. The fourth-order valence-corrected chi connectivity index (χ4v) is 2.17. The van der Waals surface area contributed by atoms with E-state index in [1.165, 1.54) is 48.5 Å². The average Bonchev–Trinajstić information content (AvgIpc) is 3.19. The number of carbonyl (C=O) groups is 10. The highest BCUT2D eigenvalue weighted by Crippen LogP contribution is 2.07. The van der Waals surface area contributed by atoms with Crippen LogP contribution in [-0.2, 0) is 62.6 Å². The van der Waals surface area contributed by atoms with Gasteiger partial charge < -0.3 is 34.8 Å². The molecule has 0 aromatic rings. The number of hydrogen-bond acceptors (Lipinski definition) is 24. The third-order valence-corrected chi connectivity index (χ3v) is 6.14. The molecule has 0 heterocycles. The van der Waals surface area contributed by atoms with Gasteiger partial charge in [0, 0.05) is 46.9 Å². The number of nitrogens with two attached hydrogens (primary N) is 2. The quantitative estimate of drug-likeness (QED) is 0.0168. The molecule has 0 aliphatic carbocycles. The van der Waals surface area contributed by atoms with Crippen LogP contribution >= 0.6 is 13.5 Å². The Morgan fingerprint density at radius 3 is 1.09 bits per heavy atom. The van der Waals surface area contributed by atoms with Gasteiger partial charge in [-0.2, -0.15) is 27.0 Å². The first-order valence-corrected chi connectivity index (χ1v) is 24.2. The molecule has 0 spiro atoms. The van der Waals surface area contributed by atoms with E-state index in [1.807, 2.05) is 12.3 Å². The van der Waals surface area contributed by atoms with Crippen LogP contribution in [0, 0.1) is 10.8 Å². The van der Waals surface area contributed by atoms with E-state index in [0.29, 0.717) is 25.1 Å². The average molecular weight is 1170 g/mol. The Hall–Kier alpha value is -5.83. The molecule has 78 heavy (non-hydrogen) atoms. The number of amides is 3. The lowest BCUT2D eigenvalue weighted by atomic mass is 10.2. The van der Waals surface area contributed by atoms with Crippen LogP contribution in [-0.4, -0.2) is 149 Å². The monoisotopic (exact) mass is 1170 g/mol. The number of hydrogen-bond donors (Lipinski definition) is 12.